The Hall–Kier alpha value is -5.36. The van der Waals surface area contributed by atoms with Crippen LogP contribution in [0.2, 0.25) is 0 Å². The number of rotatable bonds is 14. The number of hydrogen-bond donors (Lipinski definition) is 5. The molecule has 12 nitrogen and oxygen atoms in total. The Balaban J connectivity index is 1.44. The normalized spacial score (nSPS) is 12.2. The highest BCUT2D eigenvalue weighted by Gasteiger charge is 2.30. The smallest absolute Gasteiger partial charge is 0.410 e. The molecule has 12 heteroatoms. The number of ether oxygens (including phenoxy) is 2. The van der Waals surface area contributed by atoms with Crippen molar-refractivity contribution in [2.24, 2.45) is 5.73 Å². The molecule has 1 atom stereocenters. The average Bonchev–Trinajstić information content (AvgIpc) is 3.37. The summed E-state index contributed by atoms with van der Waals surface area (Å²) in [6, 6.07) is 19.1. The highest BCUT2D eigenvalue weighted by molar-refractivity contribution is 5.96. The molecule has 0 fully saturated rings. The van der Waals surface area contributed by atoms with Gasteiger partial charge in [0.25, 0.3) is 0 Å². The van der Waals surface area contributed by atoms with Gasteiger partial charge in [-0.1, -0.05) is 67.3 Å². The number of carbonyl (C=O) groups excluding carboxylic acids is 4. The van der Waals surface area contributed by atoms with Crippen molar-refractivity contribution in [3.05, 3.63) is 102 Å². The van der Waals surface area contributed by atoms with Crippen LogP contribution in [0.15, 0.2) is 79.4 Å². The van der Waals surface area contributed by atoms with Crippen LogP contribution in [0.1, 0.15) is 41.0 Å². The maximum Gasteiger partial charge on any atom is 0.410 e. The molecule has 0 aliphatic heterocycles. The third-order valence-corrected chi connectivity index (χ3v) is 7.61. The fourth-order valence-electron chi connectivity index (χ4n) is 5.36. The summed E-state index contributed by atoms with van der Waals surface area (Å²) in [5.41, 5.74) is 11.0. The number of alkyl carbamates (subject to hydrolysis) is 1. The Bertz CT molecular complexity index is 1530. The van der Waals surface area contributed by atoms with Crippen LogP contribution >= 0.6 is 0 Å². The lowest BCUT2D eigenvalue weighted by atomic mass is 9.98. The zero-order chi connectivity index (χ0) is 33.1. The van der Waals surface area contributed by atoms with Crippen molar-refractivity contribution in [2.75, 3.05) is 32.1 Å². The number of urea groups is 1. The lowest BCUT2D eigenvalue weighted by Crippen LogP contribution is -2.44. The van der Waals surface area contributed by atoms with Gasteiger partial charge in [0.15, 0.2) is 0 Å². The number of fused-ring (bicyclic) bond motifs is 3. The van der Waals surface area contributed by atoms with Gasteiger partial charge in [-0.15, -0.1) is 0 Å². The van der Waals surface area contributed by atoms with Gasteiger partial charge in [0.1, 0.15) is 19.3 Å². The zero-order valence-electron chi connectivity index (χ0n) is 25.7. The van der Waals surface area contributed by atoms with E-state index in [4.69, 9.17) is 15.2 Å². The van der Waals surface area contributed by atoms with E-state index in [1.54, 1.807) is 25.2 Å². The summed E-state index contributed by atoms with van der Waals surface area (Å²) in [6.07, 6.45) is 0.640. The molecule has 0 bridgehead atoms. The lowest BCUT2D eigenvalue weighted by Gasteiger charge is -2.21. The minimum atomic E-state index is -1.01. The molecule has 0 saturated heterocycles. The van der Waals surface area contributed by atoms with Crippen molar-refractivity contribution >= 4 is 29.8 Å². The molecule has 0 aromatic heterocycles. The third-order valence-electron chi connectivity index (χ3n) is 7.61. The molecular formula is C34H39N5O7. The number of nitrogens with one attached hydrogen (secondary N) is 3. The van der Waals surface area contributed by atoms with Gasteiger partial charge in [0, 0.05) is 31.7 Å². The third kappa shape index (κ3) is 8.63. The van der Waals surface area contributed by atoms with Gasteiger partial charge in [0.2, 0.25) is 5.91 Å². The van der Waals surface area contributed by atoms with E-state index in [2.05, 4.69) is 22.5 Å². The van der Waals surface area contributed by atoms with Crippen LogP contribution < -0.4 is 21.7 Å². The molecule has 4 rings (SSSR count). The standard InChI is InChI=1S/C34H39N5O7/c1-3-17-45-34(44)39(2)19-23-18-24(15-14-22(23)20-40)37-31(41)30(13-8-16-36-32(35)42)38-33(43)46-21-29-27-11-6-4-9-25(27)26-10-5-7-12-28(26)29/h3-7,9-12,14-15,18,29-30,40H,1,8,13,16-17,19-21H2,2H3,(H,37,41)(H,38,43)(H3,35,36,42)/t30-/m0/s1. The number of anilines is 1. The number of primary amides is 1. The predicted octanol–water partition coefficient (Wildman–Crippen LogP) is 4.23. The fraction of sp³-hybridized carbons (Fsp3) is 0.294. The van der Waals surface area contributed by atoms with Gasteiger partial charge in [-0.2, -0.15) is 0 Å². The Morgan fingerprint density at radius 2 is 1.67 bits per heavy atom. The second kappa shape index (κ2) is 16.1. The topological polar surface area (TPSA) is 172 Å². The van der Waals surface area contributed by atoms with Crippen molar-refractivity contribution in [3.8, 4) is 11.1 Å². The lowest BCUT2D eigenvalue weighted by molar-refractivity contribution is -0.118. The van der Waals surface area contributed by atoms with Gasteiger partial charge >= 0.3 is 18.2 Å². The molecule has 5 amide bonds. The van der Waals surface area contributed by atoms with E-state index in [0.29, 0.717) is 23.2 Å². The number of carbonyl (C=O) groups is 4. The number of nitrogens with two attached hydrogens (primary N) is 1. The fourth-order valence-corrected chi connectivity index (χ4v) is 5.36. The van der Waals surface area contributed by atoms with Crippen molar-refractivity contribution in [3.63, 3.8) is 0 Å². The summed E-state index contributed by atoms with van der Waals surface area (Å²) < 4.78 is 10.7. The second-order valence-electron chi connectivity index (χ2n) is 10.8. The Labute approximate surface area is 267 Å². The first-order valence-electron chi connectivity index (χ1n) is 14.9. The maximum absolute atomic E-state index is 13.4. The Morgan fingerprint density at radius 3 is 2.30 bits per heavy atom. The van der Waals surface area contributed by atoms with Crippen LogP contribution in [-0.2, 0) is 27.4 Å². The molecule has 3 aromatic rings. The van der Waals surface area contributed by atoms with Crippen LogP contribution in [0, 0.1) is 0 Å². The minimum absolute atomic E-state index is 0.0547. The number of aliphatic hydroxyl groups excluding tert-OH is 1. The van der Waals surface area contributed by atoms with Gasteiger partial charge < -0.3 is 41.2 Å². The second-order valence-corrected chi connectivity index (χ2v) is 10.8. The van der Waals surface area contributed by atoms with Gasteiger partial charge in [-0.05, 0) is 58.4 Å². The SMILES string of the molecule is C=CCOC(=O)N(C)Cc1cc(NC(=O)[C@H](CCCNC(N)=O)NC(=O)OCC2c3ccccc3-c3ccccc32)ccc1CO. The molecule has 3 aromatic carbocycles. The molecular weight excluding hydrogens is 590 g/mol. The Kier molecular flexibility index (Phi) is 11.7. The van der Waals surface area contributed by atoms with Gasteiger partial charge in [0.05, 0.1) is 6.61 Å². The van der Waals surface area contributed by atoms with Crippen LogP contribution in [-0.4, -0.2) is 67.0 Å². The van der Waals surface area contributed by atoms with Crippen LogP contribution in [0.5, 0.6) is 0 Å². The molecule has 0 radical (unpaired) electrons. The van der Waals surface area contributed by atoms with E-state index >= 15 is 0 Å². The highest BCUT2D eigenvalue weighted by atomic mass is 16.6. The number of nitrogens with zero attached hydrogens (tertiary/aromatic N) is 1. The number of amides is 5. The first-order valence-corrected chi connectivity index (χ1v) is 14.9. The van der Waals surface area contributed by atoms with Crippen molar-refractivity contribution in [2.45, 2.75) is 38.0 Å². The summed E-state index contributed by atoms with van der Waals surface area (Å²) >= 11 is 0. The van der Waals surface area contributed by atoms with Crippen LogP contribution in [0.25, 0.3) is 11.1 Å². The summed E-state index contributed by atoms with van der Waals surface area (Å²) in [5.74, 6) is -0.671. The van der Waals surface area contributed by atoms with Crippen molar-refractivity contribution in [1.29, 1.82) is 0 Å². The van der Waals surface area contributed by atoms with Crippen molar-refractivity contribution < 1.29 is 33.8 Å². The number of hydrogen-bond acceptors (Lipinski definition) is 7. The first-order chi connectivity index (χ1) is 22.2. The summed E-state index contributed by atoms with van der Waals surface area (Å²) in [6.45, 7) is 3.68. The monoisotopic (exact) mass is 629 g/mol. The first kappa shape index (κ1) is 33.5. The maximum atomic E-state index is 13.4. The quantitative estimate of drug-likeness (QED) is 0.131. The van der Waals surface area contributed by atoms with Crippen LogP contribution in [0.3, 0.4) is 0 Å². The summed E-state index contributed by atoms with van der Waals surface area (Å²) in [5, 5.41) is 17.8. The molecule has 0 heterocycles. The van der Waals surface area contributed by atoms with Crippen LogP contribution in [0.4, 0.5) is 20.1 Å². The number of benzene rings is 3. The molecule has 0 unspecified atom stereocenters. The predicted molar refractivity (Wildman–Crippen MR) is 173 cm³/mol. The zero-order valence-corrected chi connectivity index (χ0v) is 25.7. The van der Waals surface area contributed by atoms with E-state index < -0.39 is 30.2 Å². The van der Waals surface area contributed by atoms with Crippen molar-refractivity contribution in [1.82, 2.24) is 15.5 Å². The summed E-state index contributed by atoms with van der Waals surface area (Å²) in [7, 11) is 1.55. The van der Waals surface area contributed by atoms with E-state index in [1.807, 2.05) is 48.5 Å². The van der Waals surface area contributed by atoms with E-state index in [9.17, 15) is 24.3 Å². The summed E-state index contributed by atoms with van der Waals surface area (Å²) in [4.78, 5) is 51.2. The molecule has 0 spiro atoms. The van der Waals surface area contributed by atoms with E-state index in [1.165, 1.54) is 11.0 Å². The molecule has 1 aliphatic carbocycles. The molecule has 242 valence electrons. The van der Waals surface area contributed by atoms with Gasteiger partial charge in [-0.25, -0.2) is 14.4 Å². The van der Waals surface area contributed by atoms with Gasteiger partial charge in [-0.3, -0.25) is 4.79 Å². The molecule has 46 heavy (non-hydrogen) atoms. The minimum Gasteiger partial charge on any atom is -0.449 e. The largest absolute Gasteiger partial charge is 0.449 e. The highest BCUT2D eigenvalue weighted by Crippen LogP contribution is 2.44. The van der Waals surface area contributed by atoms with E-state index in [0.717, 1.165) is 22.3 Å². The molecule has 6 N–H and O–H groups in total. The molecule has 1 aliphatic rings. The average molecular weight is 630 g/mol. The number of aliphatic hydroxyl groups is 1. The Morgan fingerprint density at radius 1 is 1.00 bits per heavy atom. The van der Waals surface area contributed by atoms with E-state index in [-0.39, 0.29) is 45.2 Å². The molecule has 0 saturated carbocycles.